The number of hydrogen-bond donors (Lipinski definition) is 0. The van der Waals surface area contributed by atoms with Gasteiger partial charge in [0.15, 0.2) is 0 Å². The summed E-state index contributed by atoms with van der Waals surface area (Å²) < 4.78 is 0. The summed E-state index contributed by atoms with van der Waals surface area (Å²) in [6.07, 6.45) is 1.52. The van der Waals surface area contributed by atoms with E-state index < -0.39 is 0 Å². The van der Waals surface area contributed by atoms with E-state index in [9.17, 15) is 9.59 Å². The van der Waals surface area contributed by atoms with E-state index >= 15 is 0 Å². The van der Waals surface area contributed by atoms with Crippen LogP contribution in [0.15, 0.2) is 47.4 Å². The normalized spacial score (nSPS) is 21.0. The van der Waals surface area contributed by atoms with E-state index in [1.54, 1.807) is 0 Å². The lowest BCUT2D eigenvalue weighted by Crippen LogP contribution is -2.29. The van der Waals surface area contributed by atoms with Gasteiger partial charge in [0.25, 0.3) is 0 Å². The van der Waals surface area contributed by atoms with Gasteiger partial charge >= 0.3 is 0 Å². The number of ketones is 2. The first-order valence-corrected chi connectivity index (χ1v) is 9.31. The number of hydrogen-bond acceptors (Lipinski definition) is 5. The van der Waals surface area contributed by atoms with E-state index in [2.05, 4.69) is 9.24 Å². The predicted octanol–water partition coefficient (Wildman–Crippen LogP) is 1.02. The molecule has 25 heavy (non-hydrogen) atoms. The van der Waals surface area contributed by atoms with E-state index in [4.69, 9.17) is 11.6 Å². The van der Waals surface area contributed by atoms with Crippen molar-refractivity contribution in [3.8, 4) is 0 Å². The zero-order valence-corrected chi connectivity index (χ0v) is 15.7. The van der Waals surface area contributed by atoms with Crippen LogP contribution in [0.25, 0.3) is 0 Å². The average Bonchev–Trinajstić information content (AvgIpc) is 3.46. The van der Waals surface area contributed by atoms with Gasteiger partial charge in [-0.2, -0.15) is 0 Å². The topological polar surface area (TPSA) is 43.2 Å². The van der Waals surface area contributed by atoms with Crippen molar-refractivity contribution in [1.29, 1.82) is 0 Å². The Morgan fingerprint density at radius 1 is 0.840 bits per heavy atom. The fraction of sp³-hybridized carbons (Fsp3) is 0.333. The minimum atomic E-state index is 0.00546. The summed E-state index contributed by atoms with van der Waals surface area (Å²) in [4.78, 5) is 30.5. The molecule has 1 aliphatic carbocycles. The summed E-state index contributed by atoms with van der Waals surface area (Å²) >= 11 is 5.69. The SMILES string of the molecule is O=C1C=C(N2CC2)C(=O)C(N2CC2)=C1N1CC1.Pc1ccccc1Cl. The molecule has 5 rings (SSSR count). The van der Waals surface area contributed by atoms with Crippen LogP contribution in [-0.2, 0) is 9.59 Å². The molecule has 3 fully saturated rings. The van der Waals surface area contributed by atoms with Crippen molar-refractivity contribution in [2.45, 2.75) is 0 Å². The molecule has 1 aromatic rings. The monoisotopic (exact) mass is 375 g/mol. The highest BCUT2D eigenvalue weighted by Crippen LogP contribution is 2.33. The number of carbonyl (C=O) groups is 2. The van der Waals surface area contributed by atoms with Crippen molar-refractivity contribution >= 4 is 37.7 Å². The molecular formula is C18H19ClN3O2P. The third-order valence-corrected chi connectivity index (χ3v) is 5.42. The van der Waals surface area contributed by atoms with E-state index in [1.807, 2.05) is 39.0 Å². The highest BCUT2D eigenvalue weighted by molar-refractivity contribution is 7.28. The Morgan fingerprint density at radius 2 is 1.40 bits per heavy atom. The van der Waals surface area contributed by atoms with Gasteiger partial charge in [0.1, 0.15) is 11.4 Å². The van der Waals surface area contributed by atoms with Crippen LogP contribution in [0.4, 0.5) is 0 Å². The predicted molar refractivity (Wildman–Crippen MR) is 101 cm³/mol. The Kier molecular flexibility index (Phi) is 4.30. The molecule has 3 heterocycles. The molecule has 130 valence electrons. The quantitative estimate of drug-likeness (QED) is 0.448. The molecule has 0 aromatic heterocycles. The lowest BCUT2D eigenvalue weighted by molar-refractivity contribution is -0.117. The first-order chi connectivity index (χ1) is 12.1. The second-order valence-electron chi connectivity index (χ2n) is 6.40. The number of allylic oxidation sites excluding steroid dienone is 1. The molecule has 0 spiro atoms. The Labute approximate surface area is 154 Å². The van der Waals surface area contributed by atoms with Gasteiger partial charge in [0.2, 0.25) is 11.6 Å². The molecule has 3 saturated heterocycles. The van der Waals surface area contributed by atoms with Crippen molar-refractivity contribution in [3.05, 3.63) is 52.5 Å². The molecule has 3 aliphatic heterocycles. The molecule has 7 heteroatoms. The van der Waals surface area contributed by atoms with Crippen LogP contribution in [-0.4, -0.2) is 65.5 Å². The Morgan fingerprint density at radius 3 is 1.88 bits per heavy atom. The molecule has 1 unspecified atom stereocenters. The van der Waals surface area contributed by atoms with E-state index in [0.717, 1.165) is 49.6 Å². The van der Waals surface area contributed by atoms with Crippen molar-refractivity contribution in [2.24, 2.45) is 0 Å². The van der Waals surface area contributed by atoms with Crippen LogP contribution in [0.2, 0.25) is 5.02 Å². The highest BCUT2D eigenvalue weighted by Gasteiger charge is 2.43. The summed E-state index contributed by atoms with van der Waals surface area (Å²) in [5, 5.41) is 1.85. The molecule has 1 aromatic carbocycles. The van der Waals surface area contributed by atoms with E-state index in [1.165, 1.54) is 6.08 Å². The molecular weight excluding hydrogens is 357 g/mol. The summed E-state index contributed by atoms with van der Waals surface area (Å²) in [6.45, 7) is 5.41. The second kappa shape index (κ2) is 6.47. The second-order valence-corrected chi connectivity index (χ2v) is 7.43. The van der Waals surface area contributed by atoms with Crippen LogP contribution in [0.3, 0.4) is 0 Å². The Balaban J connectivity index is 0.000000166. The maximum atomic E-state index is 12.4. The molecule has 1 atom stereocenters. The van der Waals surface area contributed by atoms with Gasteiger partial charge in [0, 0.05) is 50.4 Å². The smallest absolute Gasteiger partial charge is 0.227 e. The molecule has 0 bridgehead atoms. The summed E-state index contributed by atoms with van der Waals surface area (Å²) in [5.74, 6) is 0.0485. The molecule has 0 radical (unpaired) electrons. The van der Waals surface area contributed by atoms with Gasteiger partial charge in [-0.05, 0) is 11.4 Å². The number of carbonyl (C=O) groups excluding carboxylic acids is 2. The van der Waals surface area contributed by atoms with Gasteiger partial charge in [0.05, 0.1) is 5.70 Å². The van der Waals surface area contributed by atoms with Gasteiger partial charge < -0.3 is 14.7 Å². The third-order valence-electron chi connectivity index (χ3n) is 4.39. The van der Waals surface area contributed by atoms with Gasteiger partial charge in [-0.25, -0.2) is 0 Å². The average molecular weight is 376 g/mol. The van der Waals surface area contributed by atoms with Crippen LogP contribution in [0.5, 0.6) is 0 Å². The first kappa shape index (κ1) is 16.6. The maximum Gasteiger partial charge on any atom is 0.227 e. The standard InChI is InChI=1S/C12H13N3O2.C6H6ClP/c16-9-7-8(13-1-2-13)12(17)11(15-5-6-15)10(9)14-3-4-14;7-5-3-1-2-4-6(5)8/h7H,1-6H2;1-4H,8H2. The fourth-order valence-electron chi connectivity index (χ4n) is 2.75. The van der Waals surface area contributed by atoms with Crippen LogP contribution in [0, 0.1) is 0 Å². The van der Waals surface area contributed by atoms with Crippen molar-refractivity contribution in [3.63, 3.8) is 0 Å². The maximum absolute atomic E-state index is 12.4. The third kappa shape index (κ3) is 3.58. The van der Waals surface area contributed by atoms with Crippen LogP contribution in [0.1, 0.15) is 0 Å². The number of benzene rings is 1. The molecule has 0 N–H and O–H groups in total. The van der Waals surface area contributed by atoms with Crippen molar-refractivity contribution in [1.82, 2.24) is 14.7 Å². The molecule has 0 saturated carbocycles. The zero-order valence-electron chi connectivity index (χ0n) is 13.7. The van der Waals surface area contributed by atoms with Crippen LogP contribution < -0.4 is 5.30 Å². The minimum absolute atomic E-state index is 0.00546. The van der Waals surface area contributed by atoms with Gasteiger partial charge in [-0.15, -0.1) is 9.24 Å². The van der Waals surface area contributed by atoms with Crippen molar-refractivity contribution < 1.29 is 9.59 Å². The molecule has 0 amide bonds. The number of Topliss-reactive ketones (excluding diaryl/α,β-unsaturated/α-hetero) is 1. The van der Waals surface area contributed by atoms with E-state index in [0.29, 0.717) is 17.1 Å². The summed E-state index contributed by atoms with van der Waals surface area (Å²) in [5.41, 5.74) is 1.89. The summed E-state index contributed by atoms with van der Waals surface area (Å²) in [6, 6.07) is 7.68. The lowest BCUT2D eigenvalue weighted by atomic mass is 10.0. The van der Waals surface area contributed by atoms with Gasteiger partial charge in [-0.1, -0.05) is 29.8 Å². The fourth-order valence-corrected chi connectivity index (χ4v) is 3.09. The molecule has 5 nitrogen and oxygen atoms in total. The zero-order chi connectivity index (χ0) is 17.6. The van der Waals surface area contributed by atoms with Crippen LogP contribution >= 0.6 is 20.8 Å². The number of nitrogens with zero attached hydrogens (tertiary/aromatic N) is 3. The van der Waals surface area contributed by atoms with Gasteiger partial charge in [-0.3, -0.25) is 9.59 Å². The Bertz CT molecular complexity index is 787. The molecule has 4 aliphatic rings. The number of halogens is 1. The van der Waals surface area contributed by atoms with E-state index in [-0.39, 0.29) is 11.6 Å². The Hall–Kier alpha value is -1.84. The first-order valence-electron chi connectivity index (χ1n) is 8.36. The largest absolute Gasteiger partial charge is 0.365 e. The summed E-state index contributed by atoms with van der Waals surface area (Å²) in [7, 11) is 2.55. The van der Waals surface area contributed by atoms with Crippen molar-refractivity contribution in [2.75, 3.05) is 39.3 Å². The minimum Gasteiger partial charge on any atom is -0.365 e. The lowest BCUT2D eigenvalue weighted by Gasteiger charge is -2.21. The number of rotatable bonds is 3. The highest BCUT2D eigenvalue weighted by atomic mass is 35.5.